The Morgan fingerprint density at radius 2 is 1.89 bits per heavy atom. The number of aliphatic carboxylic acids is 1. The Kier molecular flexibility index (Phi) is 5.55. The monoisotopic (exact) mass is 258 g/mol. The van der Waals surface area contributed by atoms with Crippen LogP contribution in [0.5, 0.6) is 0 Å². The molecule has 1 aliphatic rings. The van der Waals surface area contributed by atoms with Gasteiger partial charge in [-0.3, -0.25) is 4.79 Å². The molecule has 6 nitrogen and oxygen atoms in total. The van der Waals surface area contributed by atoms with E-state index in [1.807, 2.05) is 0 Å². The normalized spacial score (nSPS) is 20.1. The molecule has 0 spiro atoms. The average molecular weight is 258 g/mol. The predicted octanol–water partition coefficient (Wildman–Crippen LogP) is -0.153. The van der Waals surface area contributed by atoms with Gasteiger partial charge in [-0.2, -0.15) is 0 Å². The third-order valence-electron chi connectivity index (χ3n) is 3.67. The molecule has 1 rings (SSSR count). The summed E-state index contributed by atoms with van der Waals surface area (Å²) in [6, 6.07) is 0. The van der Waals surface area contributed by atoms with Crippen LogP contribution in [0.1, 0.15) is 38.5 Å². The van der Waals surface area contributed by atoms with Crippen molar-refractivity contribution in [3.63, 3.8) is 0 Å². The molecule has 6 heteroatoms. The quantitative estimate of drug-likeness (QED) is 0.529. The molecule has 1 fully saturated rings. The fourth-order valence-corrected chi connectivity index (χ4v) is 2.39. The molecule has 104 valence electrons. The van der Waals surface area contributed by atoms with Gasteiger partial charge in [-0.15, -0.1) is 0 Å². The number of carbonyl (C=O) groups is 2. The minimum Gasteiger partial charge on any atom is -0.479 e. The Morgan fingerprint density at radius 3 is 2.39 bits per heavy atom. The molecule has 0 radical (unpaired) electrons. The number of hydrogen-bond donors (Lipinski definition) is 4. The van der Waals surface area contributed by atoms with Crippen molar-refractivity contribution in [3.8, 4) is 0 Å². The number of aliphatic hydroxyl groups is 1. The van der Waals surface area contributed by atoms with Crippen molar-refractivity contribution >= 4 is 11.9 Å². The molecular weight excluding hydrogens is 236 g/mol. The summed E-state index contributed by atoms with van der Waals surface area (Å²) in [7, 11) is 0. The van der Waals surface area contributed by atoms with Crippen LogP contribution in [0.25, 0.3) is 0 Å². The van der Waals surface area contributed by atoms with Gasteiger partial charge in [0.15, 0.2) is 6.10 Å². The second kappa shape index (κ2) is 6.70. The molecule has 0 aromatic carbocycles. The van der Waals surface area contributed by atoms with Crippen molar-refractivity contribution in [2.24, 2.45) is 11.1 Å². The molecule has 1 atom stereocenters. The van der Waals surface area contributed by atoms with Crippen molar-refractivity contribution in [2.45, 2.75) is 44.6 Å². The number of amides is 1. The smallest absolute Gasteiger partial charge is 0.332 e. The van der Waals surface area contributed by atoms with Gasteiger partial charge in [-0.05, 0) is 12.8 Å². The second-order valence-corrected chi connectivity index (χ2v) is 4.94. The van der Waals surface area contributed by atoms with Crippen LogP contribution < -0.4 is 11.1 Å². The van der Waals surface area contributed by atoms with Crippen LogP contribution in [-0.2, 0) is 9.59 Å². The number of nitrogens with two attached hydrogens (primary N) is 1. The summed E-state index contributed by atoms with van der Waals surface area (Å²) in [6.45, 7) is 0.481. The highest BCUT2D eigenvalue weighted by Crippen LogP contribution is 2.35. The lowest BCUT2D eigenvalue weighted by molar-refractivity contribution is -0.147. The molecular formula is C12H22N2O4. The highest BCUT2D eigenvalue weighted by atomic mass is 16.4. The molecule has 0 heterocycles. The van der Waals surface area contributed by atoms with Crippen molar-refractivity contribution in [1.29, 1.82) is 0 Å². The minimum atomic E-state index is -1.43. The summed E-state index contributed by atoms with van der Waals surface area (Å²) in [6.07, 6.45) is 3.30. The third-order valence-corrected chi connectivity index (χ3v) is 3.67. The van der Waals surface area contributed by atoms with E-state index in [0.717, 1.165) is 32.1 Å². The zero-order valence-electron chi connectivity index (χ0n) is 10.5. The Bertz CT molecular complexity index is 300. The first kappa shape index (κ1) is 14.9. The largest absolute Gasteiger partial charge is 0.479 e. The van der Waals surface area contributed by atoms with E-state index >= 15 is 0 Å². The van der Waals surface area contributed by atoms with Gasteiger partial charge >= 0.3 is 5.97 Å². The van der Waals surface area contributed by atoms with E-state index in [4.69, 9.17) is 15.9 Å². The summed E-state index contributed by atoms with van der Waals surface area (Å²) in [4.78, 5) is 22.5. The number of carboxylic acid groups (broad SMARTS) is 1. The standard InChI is InChI=1S/C12H22N2O4/c13-8-12(5-2-1-3-6-12)11(18)14-7-4-9(15)10(16)17/h9,15H,1-8,13H2,(H,14,18)(H,16,17). The highest BCUT2D eigenvalue weighted by Gasteiger charge is 2.37. The molecule has 1 amide bonds. The Labute approximate surface area is 107 Å². The fraction of sp³-hybridized carbons (Fsp3) is 0.833. The molecule has 1 saturated carbocycles. The van der Waals surface area contributed by atoms with E-state index in [-0.39, 0.29) is 18.9 Å². The number of carbonyl (C=O) groups excluding carboxylic acids is 1. The fourth-order valence-electron chi connectivity index (χ4n) is 2.39. The molecule has 1 unspecified atom stereocenters. The average Bonchev–Trinajstić information content (AvgIpc) is 2.39. The van der Waals surface area contributed by atoms with Crippen molar-refractivity contribution < 1.29 is 19.8 Å². The van der Waals surface area contributed by atoms with Crippen molar-refractivity contribution in [3.05, 3.63) is 0 Å². The van der Waals surface area contributed by atoms with Gasteiger partial charge in [0.25, 0.3) is 0 Å². The number of nitrogens with one attached hydrogen (secondary N) is 1. The van der Waals surface area contributed by atoms with Crippen LogP contribution in [0.3, 0.4) is 0 Å². The molecule has 0 saturated heterocycles. The van der Waals surface area contributed by atoms with Gasteiger partial charge in [0.2, 0.25) is 5.91 Å². The molecule has 0 aromatic rings. The van der Waals surface area contributed by atoms with Crippen LogP contribution >= 0.6 is 0 Å². The molecule has 1 aliphatic carbocycles. The molecule has 0 bridgehead atoms. The Balaban J connectivity index is 2.41. The molecule has 5 N–H and O–H groups in total. The zero-order chi connectivity index (χ0) is 13.6. The minimum absolute atomic E-state index is 0.0156. The summed E-state index contributed by atoms with van der Waals surface area (Å²) < 4.78 is 0. The molecule has 18 heavy (non-hydrogen) atoms. The summed E-state index contributed by atoms with van der Waals surface area (Å²) in [5, 5.41) is 20.3. The molecule has 0 aliphatic heterocycles. The third kappa shape index (κ3) is 3.68. The van der Waals surface area contributed by atoms with E-state index in [9.17, 15) is 9.59 Å². The number of carboxylic acids is 1. The lowest BCUT2D eigenvalue weighted by Crippen LogP contribution is -2.47. The number of hydrogen-bond acceptors (Lipinski definition) is 4. The summed E-state index contributed by atoms with van der Waals surface area (Å²) in [5.74, 6) is -1.38. The first-order valence-corrected chi connectivity index (χ1v) is 6.41. The first-order valence-electron chi connectivity index (χ1n) is 6.41. The lowest BCUT2D eigenvalue weighted by Gasteiger charge is -2.34. The van der Waals surface area contributed by atoms with Gasteiger partial charge in [-0.1, -0.05) is 19.3 Å². The number of rotatable bonds is 6. The molecule has 0 aromatic heterocycles. The van der Waals surface area contributed by atoms with Crippen molar-refractivity contribution in [1.82, 2.24) is 5.32 Å². The first-order chi connectivity index (χ1) is 8.52. The van der Waals surface area contributed by atoms with E-state index in [1.54, 1.807) is 0 Å². The maximum atomic E-state index is 12.1. The van der Waals surface area contributed by atoms with E-state index in [0.29, 0.717) is 6.54 Å². The van der Waals surface area contributed by atoms with E-state index in [2.05, 4.69) is 5.32 Å². The van der Waals surface area contributed by atoms with Crippen LogP contribution in [0.4, 0.5) is 0 Å². The Hall–Kier alpha value is -1.14. The van der Waals surface area contributed by atoms with E-state index in [1.165, 1.54) is 0 Å². The maximum absolute atomic E-state index is 12.1. The van der Waals surface area contributed by atoms with Gasteiger partial charge in [0.1, 0.15) is 0 Å². The van der Waals surface area contributed by atoms with Crippen molar-refractivity contribution in [2.75, 3.05) is 13.1 Å². The van der Waals surface area contributed by atoms with Crippen LogP contribution in [0.15, 0.2) is 0 Å². The van der Waals surface area contributed by atoms with Gasteiger partial charge in [0.05, 0.1) is 5.41 Å². The number of aliphatic hydroxyl groups excluding tert-OH is 1. The lowest BCUT2D eigenvalue weighted by atomic mass is 9.73. The topological polar surface area (TPSA) is 113 Å². The van der Waals surface area contributed by atoms with Gasteiger partial charge in [0, 0.05) is 19.5 Å². The van der Waals surface area contributed by atoms with Gasteiger partial charge in [-0.25, -0.2) is 4.79 Å². The predicted molar refractivity (Wildman–Crippen MR) is 65.8 cm³/mol. The zero-order valence-corrected chi connectivity index (χ0v) is 10.5. The van der Waals surface area contributed by atoms with Crippen LogP contribution in [0, 0.1) is 5.41 Å². The highest BCUT2D eigenvalue weighted by molar-refractivity contribution is 5.83. The second-order valence-electron chi connectivity index (χ2n) is 4.94. The van der Waals surface area contributed by atoms with E-state index < -0.39 is 17.5 Å². The maximum Gasteiger partial charge on any atom is 0.332 e. The van der Waals surface area contributed by atoms with Gasteiger partial charge < -0.3 is 21.3 Å². The Morgan fingerprint density at radius 1 is 1.28 bits per heavy atom. The van der Waals surface area contributed by atoms with Crippen LogP contribution in [0.2, 0.25) is 0 Å². The SMILES string of the molecule is NCC1(C(=O)NCCC(O)C(=O)O)CCCCC1. The van der Waals surface area contributed by atoms with Crippen LogP contribution in [-0.4, -0.2) is 41.3 Å². The summed E-state index contributed by atoms with van der Waals surface area (Å²) >= 11 is 0. The summed E-state index contributed by atoms with van der Waals surface area (Å²) in [5.41, 5.74) is 5.22.